The minimum Gasteiger partial charge on any atom is -0.278 e. The number of nitrogens with zero attached hydrogens (tertiary/aromatic N) is 1. The molecule has 17 heavy (non-hydrogen) atoms. The lowest BCUT2D eigenvalue weighted by atomic mass is 9.98. The summed E-state index contributed by atoms with van der Waals surface area (Å²) in [6.07, 6.45) is 2.08. The molecule has 0 aliphatic carbocycles. The Hall–Kier alpha value is -1.29. The van der Waals surface area contributed by atoms with Gasteiger partial charge in [-0.2, -0.15) is 12.6 Å². The van der Waals surface area contributed by atoms with Crippen LogP contribution in [-0.4, -0.2) is 29.0 Å². The highest BCUT2D eigenvalue weighted by molar-refractivity contribution is 7.80. The highest BCUT2D eigenvalue weighted by Gasteiger charge is 2.29. The van der Waals surface area contributed by atoms with Crippen molar-refractivity contribution >= 4 is 24.4 Å². The van der Waals surface area contributed by atoms with Crippen molar-refractivity contribution in [2.24, 2.45) is 0 Å². The highest BCUT2D eigenvalue weighted by Crippen LogP contribution is 2.19. The Labute approximate surface area is 106 Å². The van der Waals surface area contributed by atoms with Crippen molar-refractivity contribution in [3.63, 3.8) is 0 Å². The summed E-state index contributed by atoms with van der Waals surface area (Å²) in [5.74, 6) is 0.538. The molecule has 0 radical (unpaired) electrons. The summed E-state index contributed by atoms with van der Waals surface area (Å²) in [6, 6.07) is 7.32. The summed E-state index contributed by atoms with van der Waals surface area (Å²) in [5.41, 5.74) is 1.51. The Morgan fingerprint density at radius 2 is 1.94 bits per heavy atom. The summed E-state index contributed by atoms with van der Waals surface area (Å²) < 4.78 is 0. The highest BCUT2D eigenvalue weighted by atomic mass is 32.1. The molecule has 2 amide bonds. The molecule has 0 unspecified atom stereocenters. The van der Waals surface area contributed by atoms with Crippen LogP contribution < -0.4 is 0 Å². The van der Waals surface area contributed by atoms with Gasteiger partial charge >= 0.3 is 0 Å². The first-order chi connectivity index (χ1) is 8.24. The van der Waals surface area contributed by atoms with E-state index in [9.17, 15) is 9.59 Å². The molecule has 0 saturated heterocycles. The van der Waals surface area contributed by atoms with Gasteiger partial charge in [-0.15, -0.1) is 0 Å². The first-order valence-corrected chi connectivity index (χ1v) is 6.40. The second-order valence-corrected chi connectivity index (χ2v) is 4.56. The van der Waals surface area contributed by atoms with Crippen molar-refractivity contribution in [3.8, 4) is 0 Å². The third-order valence-electron chi connectivity index (χ3n) is 2.93. The number of fused-ring (bicyclic) bond motifs is 1. The van der Waals surface area contributed by atoms with Crippen LogP contribution in [0.4, 0.5) is 0 Å². The number of hydrogen-bond donors (Lipinski definition) is 1. The van der Waals surface area contributed by atoms with Gasteiger partial charge in [-0.25, -0.2) is 0 Å². The summed E-state index contributed by atoms with van der Waals surface area (Å²) >= 11 is 4.12. The van der Waals surface area contributed by atoms with E-state index in [1.165, 1.54) is 4.90 Å². The summed E-state index contributed by atoms with van der Waals surface area (Å²) in [7, 11) is 0. The van der Waals surface area contributed by atoms with Crippen LogP contribution in [0.5, 0.6) is 0 Å². The van der Waals surface area contributed by atoms with Crippen molar-refractivity contribution in [3.05, 3.63) is 35.4 Å². The molecular weight excluding hydrogens is 234 g/mol. The Kier molecular flexibility index (Phi) is 3.84. The normalized spacial score (nSPS) is 15.0. The van der Waals surface area contributed by atoms with E-state index >= 15 is 0 Å². The second kappa shape index (κ2) is 5.36. The molecule has 1 heterocycles. The standard InChI is InChI=1S/C13H15NO2S/c15-12-9-10-5-1-2-6-11(10)13(16)14(12)7-3-4-8-17/h1-2,5-6,17H,3-4,7-9H2. The molecule has 0 atom stereocenters. The van der Waals surface area contributed by atoms with Crippen LogP contribution >= 0.6 is 12.6 Å². The van der Waals surface area contributed by atoms with Gasteiger partial charge in [0.25, 0.3) is 5.91 Å². The number of hydrogen-bond acceptors (Lipinski definition) is 3. The van der Waals surface area contributed by atoms with E-state index < -0.39 is 0 Å². The second-order valence-electron chi connectivity index (χ2n) is 4.12. The number of amides is 2. The maximum atomic E-state index is 12.1. The van der Waals surface area contributed by atoms with E-state index in [1.54, 1.807) is 6.07 Å². The van der Waals surface area contributed by atoms with Crippen molar-refractivity contribution in [2.45, 2.75) is 19.3 Å². The van der Waals surface area contributed by atoms with Crippen LogP contribution in [0.25, 0.3) is 0 Å². The van der Waals surface area contributed by atoms with Crippen LogP contribution in [0.15, 0.2) is 24.3 Å². The Balaban J connectivity index is 2.16. The third kappa shape index (κ3) is 2.52. The van der Waals surface area contributed by atoms with Crippen molar-refractivity contribution in [1.82, 2.24) is 4.90 Å². The molecule has 1 aliphatic heterocycles. The first-order valence-electron chi connectivity index (χ1n) is 5.77. The van der Waals surface area contributed by atoms with E-state index in [1.807, 2.05) is 18.2 Å². The molecule has 2 rings (SSSR count). The largest absolute Gasteiger partial charge is 0.278 e. The molecule has 0 fully saturated rings. The predicted octanol–water partition coefficient (Wildman–Crippen LogP) is 1.92. The monoisotopic (exact) mass is 249 g/mol. The number of benzene rings is 1. The van der Waals surface area contributed by atoms with Gasteiger partial charge in [0.15, 0.2) is 0 Å². The van der Waals surface area contributed by atoms with E-state index in [-0.39, 0.29) is 11.8 Å². The zero-order valence-corrected chi connectivity index (χ0v) is 10.5. The number of imide groups is 1. The van der Waals surface area contributed by atoms with E-state index in [4.69, 9.17) is 0 Å². The molecule has 0 bridgehead atoms. The van der Waals surface area contributed by atoms with Crippen LogP contribution in [0.1, 0.15) is 28.8 Å². The van der Waals surface area contributed by atoms with Crippen LogP contribution in [0, 0.1) is 0 Å². The molecule has 3 nitrogen and oxygen atoms in total. The fourth-order valence-electron chi connectivity index (χ4n) is 2.01. The Morgan fingerprint density at radius 3 is 2.71 bits per heavy atom. The summed E-state index contributed by atoms with van der Waals surface area (Å²) in [6.45, 7) is 0.507. The minimum absolute atomic E-state index is 0.0899. The lowest BCUT2D eigenvalue weighted by molar-refractivity contribution is -0.128. The van der Waals surface area contributed by atoms with Gasteiger partial charge in [0.2, 0.25) is 5.91 Å². The molecule has 0 aromatic heterocycles. The number of rotatable bonds is 4. The summed E-state index contributed by atoms with van der Waals surface area (Å²) in [4.78, 5) is 25.3. The van der Waals surface area contributed by atoms with Gasteiger partial charge in [-0.3, -0.25) is 14.5 Å². The topological polar surface area (TPSA) is 37.4 Å². The SMILES string of the molecule is O=C1Cc2ccccc2C(=O)N1CCCCS. The Bertz CT molecular complexity index is 445. The molecule has 0 N–H and O–H groups in total. The van der Waals surface area contributed by atoms with Crippen LogP contribution in [0.2, 0.25) is 0 Å². The lowest BCUT2D eigenvalue weighted by Gasteiger charge is -2.26. The maximum absolute atomic E-state index is 12.1. The number of carbonyl (C=O) groups is 2. The van der Waals surface area contributed by atoms with E-state index in [0.717, 1.165) is 24.2 Å². The minimum atomic E-state index is -0.156. The quantitative estimate of drug-likeness (QED) is 0.503. The molecule has 1 aliphatic rings. The first kappa shape index (κ1) is 12.2. The van der Waals surface area contributed by atoms with Gasteiger partial charge in [0.05, 0.1) is 6.42 Å². The zero-order chi connectivity index (χ0) is 12.3. The fraction of sp³-hybridized carbons (Fsp3) is 0.385. The number of thiol groups is 1. The van der Waals surface area contributed by atoms with Gasteiger partial charge in [-0.1, -0.05) is 18.2 Å². The molecule has 0 spiro atoms. The van der Waals surface area contributed by atoms with Gasteiger partial charge in [0, 0.05) is 12.1 Å². The van der Waals surface area contributed by atoms with Crippen molar-refractivity contribution in [1.29, 1.82) is 0 Å². The average Bonchev–Trinajstić information content (AvgIpc) is 2.33. The molecule has 0 saturated carbocycles. The summed E-state index contributed by atoms with van der Waals surface area (Å²) in [5, 5.41) is 0. The molecular formula is C13H15NO2S. The maximum Gasteiger partial charge on any atom is 0.260 e. The third-order valence-corrected chi connectivity index (χ3v) is 3.24. The van der Waals surface area contributed by atoms with E-state index in [0.29, 0.717) is 18.5 Å². The molecule has 1 aromatic carbocycles. The number of carbonyl (C=O) groups excluding carboxylic acids is 2. The van der Waals surface area contributed by atoms with Gasteiger partial charge < -0.3 is 0 Å². The van der Waals surface area contributed by atoms with Gasteiger partial charge in [0.1, 0.15) is 0 Å². The number of unbranched alkanes of at least 4 members (excludes halogenated alkanes) is 1. The van der Waals surface area contributed by atoms with E-state index in [2.05, 4.69) is 12.6 Å². The Morgan fingerprint density at radius 1 is 1.18 bits per heavy atom. The molecule has 4 heteroatoms. The molecule has 1 aromatic rings. The van der Waals surface area contributed by atoms with Crippen LogP contribution in [-0.2, 0) is 11.2 Å². The van der Waals surface area contributed by atoms with Gasteiger partial charge in [-0.05, 0) is 30.2 Å². The fourth-order valence-corrected chi connectivity index (χ4v) is 2.23. The van der Waals surface area contributed by atoms with Crippen LogP contribution in [0.3, 0.4) is 0 Å². The van der Waals surface area contributed by atoms with Crippen molar-refractivity contribution < 1.29 is 9.59 Å². The van der Waals surface area contributed by atoms with Crippen molar-refractivity contribution in [2.75, 3.05) is 12.3 Å². The predicted molar refractivity (Wildman–Crippen MR) is 69.3 cm³/mol. The molecule has 90 valence electrons. The zero-order valence-electron chi connectivity index (χ0n) is 9.56. The average molecular weight is 249 g/mol. The smallest absolute Gasteiger partial charge is 0.260 e. The lowest BCUT2D eigenvalue weighted by Crippen LogP contribution is -2.42.